The van der Waals surface area contributed by atoms with Crippen molar-refractivity contribution in [3.8, 4) is 0 Å². The Morgan fingerprint density at radius 2 is 2.08 bits per heavy atom. The summed E-state index contributed by atoms with van der Waals surface area (Å²) in [7, 11) is 0. The molecule has 1 aromatic heterocycles. The van der Waals surface area contributed by atoms with E-state index in [4.69, 9.17) is 4.74 Å². The molecule has 0 N–H and O–H groups in total. The lowest BCUT2D eigenvalue weighted by Gasteiger charge is -2.20. The second-order valence-corrected chi connectivity index (χ2v) is 6.92. The molecule has 130 valence electrons. The summed E-state index contributed by atoms with van der Waals surface area (Å²) in [5, 5.41) is 4.47. The molecule has 1 atom stereocenters. The van der Waals surface area contributed by atoms with Gasteiger partial charge in [-0.15, -0.1) is 0 Å². The average Bonchev–Trinajstić information content (AvgIpc) is 3.13. The van der Waals surface area contributed by atoms with Crippen LogP contribution in [-0.2, 0) is 14.3 Å². The van der Waals surface area contributed by atoms with Gasteiger partial charge in [0.05, 0.1) is 11.7 Å². The Kier molecular flexibility index (Phi) is 3.85. The fourth-order valence-corrected chi connectivity index (χ4v) is 3.28. The summed E-state index contributed by atoms with van der Waals surface area (Å²) in [4.78, 5) is 38.9. The second-order valence-electron chi connectivity index (χ2n) is 6.92. The number of likely N-dealkylation sites (tertiary alicyclic amines) is 1. The second kappa shape index (κ2) is 5.61. The summed E-state index contributed by atoms with van der Waals surface area (Å²) in [6, 6.07) is 2.13. The highest BCUT2D eigenvalue weighted by atomic mass is 16.6. The van der Waals surface area contributed by atoms with E-state index in [1.165, 1.54) is 13.8 Å². The zero-order valence-electron chi connectivity index (χ0n) is 14.4. The Morgan fingerprint density at radius 1 is 1.38 bits per heavy atom. The predicted molar refractivity (Wildman–Crippen MR) is 84.2 cm³/mol. The highest BCUT2D eigenvalue weighted by molar-refractivity contribution is 6.04. The summed E-state index contributed by atoms with van der Waals surface area (Å²) >= 11 is 0. The third kappa shape index (κ3) is 2.76. The van der Waals surface area contributed by atoms with Gasteiger partial charge in [0.2, 0.25) is 5.91 Å². The largest absolute Gasteiger partial charge is 0.433 e. The Bertz CT molecular complexity index is 709. The Labute approximate surface area is 140 Å². The number of imide groups is 1. The number of carbonyl (C=O) groups is 3. The van der Waals surface area contributed by atoms with Gasteiger partial charge in [-0.3, -0.25) is 14.3 Å². The molecule has 0 spiro atoms. The number of rotatable bonds is 3. The molecule has 2 fully saturated rings. The summed E-state index contributed by atoms with van der Waals surface area (Å²) in [5.74, 6) is -0.725. The minimum atomic E-state index is -1.20. The smallest absolute Gasteiger partial charge is 0.418 e. The van der Waals surface area contributed by atoms with Crippen LogP contribution in [0.15, 0.2) is 6.07 Å². The van der Waals surface area contributed by atoms with Crippen molar-refractivity contribution in [2.75, 3.05) is 19.6 Å². The van der Waals surface area contributed by atoms with Crippen LogP contribution in [0.3, 0.4) is 0 Å². The third-order valence-electron chi connectivity index (χ3n) is 4.52. The van der Waals surface area contributed by atoms with Gasteiger partial charge in [0, 0.05) is 18.8 Å². The molecule has 0 radical (unpaired) electrons. The number of amides is 3. The van der Waals surface area contributed by atoms with Gasteiger partial charge in [0.1, 0.15) is 6.54 Å². The lowest BCUT2D eigenvalue weighted by atomic mass is 10.1. The van der Waals surface area contributed by atoms with E-state index in [2.05, 4.69) is 5.10 Å². The van der Waals surface area contributed by atoms with Gasteiger partial charge in [0.15, 0.2) is 5.60 Å². The van der Waals surface area contributed by atoms with Gasteiger partial charge < -0.3 is 9.64 Å². The molecule has 0 aromatic carbocycles. The van der Waals surface area contributed by atoms with Crippen molar-refractivity contribution in [1.82, 2.24) is 19.6 Å². The molecule has 8 heteroatoms. The molecule has 2 aliphatic heterocycles. The fourth-order valence-electron chi connectivity index (χ4n) is 3.28. The normalized spacial score (nSPS) is 23.1. The highest BCUT2D eigenvalue weighted by Gasteiger charge is 2.48. The SMILES string of the molecule is Cc1cc(C)n(C2CCN(C(=O)CN3C(=O)OC(C)(C)C3=O)C2)n1. The van der Waals surface area contributed by atoms with Crippen molar-refractivity contribution in [3.05, 3.63) is 17.5 Å². The number of aromatic nitrogens is 2. The zero-order valence-corrected chi connectivity index (χ0v) is 14.4. The standard InChI is InChI=1S/C16H22N4O4/c1-10-7-11(2)20(17-10)12-5-6-18(8-12)13(21)9-19-14(22)16(3,4)24-15(19)23/h7,12H,5-6,8-9H2,1-4H3. The van der Waals surface area contributed by atoms with E-state index in [0.29, 0.717) is 13.1 Å². The van der Waals surface area contributed by atoms with Crippen molar-refractivity contribution in [1.29, 1.82) is 0 Å². The molecule has 1 unspecified atom stereocenters. The van der Waals surface area contributed by atoms with Crippen LogP contribution in [0.25, 0.3) is 0 Å². The Morgan fingerprint density at radius 3 is 2.62 bits per heavy atom. The third-order valence-corrected chi connectivity index (χ3v) is 4.52. The van der Waals surface area contributed by atoms with Crippen LogP contribution < -0.4 is 0 Å². The van der Waals surface area contributed by atoms with Crippen molar-refractivity contribution in [3.63, 3.8) is 0 Å². The van der Waals surface area contributed by atoms with Crippen LogP contribution in [0.4, 0.5) is 4.79 Å². The molecule has 3 rings (SSSR count). The molecular weight excluding hydrogens is 312 g/mol. The Hall–Kier alpha value is -2.38. The number of nitrogens with zero attached hydrogens (tertiary/aromatic N) is 4. The minimum Gasteiger partial charge on any atom is -0.433 e. The molecular formula is C16H22N4O4. The maximum absolute atomic E-state index is 12.5. The molecule has 8 nitrogen and oxygen atoms in total. The number of hydrogen-bond acceptors (Lipinski definition) is 5. The van der Waals surface area contributed by atoms with E-state index >= 15 is 0 Å². The molecule has 3 heterocycles. The molecule has 0 saturated carbocycles. The molecule has 2 saturated heterocycles. The van der Waals surface area contributed by atoms with E-state index in [9.17, 15) is 14.4 Å². The summed E-state index contributed by atoms with van der Waals surface area (Å²) < 4.78 is 6.94. The monoisotopic (exact) mass is 334 g/mol. The van der Waals surface area contributed by atoms with Crippen molar-refractivity contribution < 1.29 is 19.1 Å². The number of carbonyl (C=O) groups excluding carboxylic acids is 3. The van der Waals surface area contributed by atoms with Gasteiger partial charge in [-0.05, 0) is 40.2 Å². The van der Waals surface area contributed by atoms with Crippen molar-refractivity contribution in [2.45, 2.75) is 45.8 Å². The highest BCUT2D eigenvalue weighted by Crippen LogP contribution is 2.26. The van der Waals surface area contributed by atoms with E-state index in [1.807, 2.05) is 24.6 Å². The first-order valence-electron chi connectivity index (χ1n) is 8.04. The van der Waals surface area contributed by atoms with E-state index < -0.39 is 17.6 Å². The fraction of sp³-hybridized carbons (Fsp3) is 0.625. The summed E-state index contributed by atoms with van der Waals surface area (Å²) in [6.07, 6.45) is 0.0463. The van der Waals surface area contributed by atoms with Gasteiger partial charge in [-0.25, -0.2) is 9.69 Å². The first-order valence-corrected chi connectivity index (χ1v) is 8.04. The molecule has 2 aliphatic rings. The van der Waals surface area contributed by atoms with Gasteiger partial charge >= 0.3 is 6.09 Å². The number of ether oxygens (including phenoxy) is 1. The summed E-state index contributed by atoms with van der Waals surface area (Å²) in [5.41, 5.74) is 0.811. The van der Waals surface area contributed by atoms with E-state index in [-0.39, 0.29) is 18.5 Å². The molecule has 3 amide bonds. The maximum atomic E-state index is 12.5. The van der Waals surface area contributed by atoms with Crippen molar-refractivity contribution >= 4 is 17.9 Å². The average molecular weight is 334 g/mol. The quantitative estimate of drug-likeness (QED) is 0.824. The van der Waals surface area contributed by atoms with Gasteiger partial charge in [0.25, 0.3) is 5.91 Å². The van der Waals surface area contributed by atoms with Crippen LogP contribution in [0.1, 0.15) is 37.7 Å². The maximum Gasteiger partial charge on any atom is 0.418 e. The molecule has 1 aromatic rings. The summed E-state index contributed by atoms with van der Waals surface area (Å²) in [6.45, 7) is 7.81. The number of hydrogen-bond donors (Lipinski definition) is 0. The Balaban J connectivity index is 1.64. The number of cyclic esters (lactones) is 1. The molecule has 0 aliphatic carbocycles. The van der Waals surface area contributed by atoms with Crippen LogP contribution in [0.5, 0.6) is 0 Å². The lowest BCUT2D eigenvalue weighted by molar-refractivity contribution is -0.139. The van der Waals surface area contributed by atoms with Gasteiger partial charge in [-0.2, -0.15) is 5.10 Å². The van der Waals surface area contributed by atoms with Crippen LogP contribution in [0.2, 0.25) is 0 Å². The molecule has 24 heavy (non-hydrogen) atoms. The molecule has 0 bridgehead atoms. The van der Waals surface area contributed by atoms with Crippen LogP contribution in [0, 0.1) is 13.8 Å². The van der Waals surface area contributed by atoms with Gasteiger partial charge in [-0.1, -0.05) is 0 Å². The zero-order chi connectivity index (χ0) is 17.6. The van der Waals surface area contributed by atoms with E-state index in [1.54, 1.807) is 4.90 Å². The minimum absolute atomic E-state index is 0.125. The number of aryl methyl sites for hydroxylation is 2. The van der Waals surface area contributed by atoms with Crippen LogP contribution in [-0.4, -0.2) is 62.7 Å². The predicted octanol–water partition coefficient (Wildman–Crippen LogP) is 1.03. The van der Waals surface area contributed by atoms with Crippen molar-refractivity contribution in [2.24, 2.45) is 0 Å². The lowest BCUT2D eigenvalue weighted by Crippen LogP contribution is -2.43. The van der Waals surface area contributed by atoms with Crippen LogP contribution >= 0.6 is 0 Å². The van der Waals surface area contributed by atoms with E-state index in [0.717, 1.165) is 22.7 Å². The topological polar surface area (TPSA) is 84.7 Å². The first kappa shape index (κ1) is 16.5. The first-order chi connectivity index (χ1) is 11.2.